The number of nitrogens with zero attached hydrogens (tertiary/aromatic N) is 2. The number of aromatic nitrogens is 1. The first-order chi connectivity index (χ1) is 9.46. The first kappa shape index (κ1) is 14.5. The number of imide groups is 1. The molecule has 0 atom stereocenters. The van der Waals surface area contributed by atoms with E-state index >= 15 is 0 Å². The van der Waals surface area contributed by atoms with Gasteiger partial charge in [-0.2, -0.15) is 0 Å². The summed E-state index contributed by atoms with van der Waals surface area (Å²) in [4.78, 5) is 29.8. The number of hydrogen-bond acceptors (Lipinski definition) is 5. The molecule has 0 radical (unpaired) electrons. The molecule has 0 unspecified atom stereocenters. The van der Waals surface area contributed by atoms with Crippen molar-refractivity contribution in [2.75, 3.05) is 18.0 Å². The lowest BCUT2D eigenvalue weighted by Gasteiger charge is -2.41. The van der Waals surface area contributed by atoms with Gasteiger partial charge in [0.25, 0.3) is 5.91 Å². The number of hydrogen-bond donors (Lipinski definition) is 2. The third kappa shape index (κ3) is 2.65. The number of amides is 2. The van der Waals surface area contributed by atoms with E-state index in [2.05, 4.69) is 15.6 Å². The molecule has 1 saturated heterocycles. The van der Waals surface area contributed by atoms with Crippen LogP contribution < -0.4 is 15.5 Å². The Morgan fingerprint density at radius 2 is 2.20 bits per heavy atom. The lowest BCUT2D eigenvalue weighted by Crippen LogP contribution is -2.64. The maximum absolute atomic E-state index is 12.0. The highest BCUT2D eigenvalue weighted by Gasteiger charge is 2.42. The second-order valence-corrected chi connectivity index (χ2v) is 5.29. The number of rotatable bonds is 4. The Labute approximate surface area is 118 Å². The molecular formula is C14H20N4O2. The van der Waals surface area contributed by atoms with Crippen molar-refractivity contribution in [3.63, 3.8) is 0 Å². The summed E-state index contributed by atoms with van der Waals surface area (Å²) in [5, 5.41) is 5.61. The van der Waals surface area contributed by atoms with E-state index in [1.54, 1.807) is 24.9 Å². The van der Waals surface area contributed by atoms with Crippen molar-refractivity contribution < 1.29 is 9.59 Å². The van der Waals surface area contributed by atoms with Crippen LogP contribution in [0, 0.1) is 0 Å². The van der Waals surface area contributed by atoms with Crippen LogP contribution in [0.25, 0.3) is 0 Å². The Hall–Kier alpha value is -1.95. The normalized spacial score (nSPS) is 18.1. The van der Waals surface area contributed by atoms with Crippen LogP contribution in [0.4, 0.5) is 5.82 Å². The van der Waals surface area contributed by atoms with Gasteiger partial charge in [0.05, 0.1) is 6.54 Å². The average molecular weight is 276 g/mol. The SMILES string of the molecule is CCNCc1cccnc1N1CC(=O)NC(=O)C1(C)C. The Kier molecular flexibility index (Phi) is 4.04. The van der Waals surface area contributed by atoms with E-state index < -0.39 is 5.54 Å². The van der Waals surface area contributed by atoms with Gasteiger partial charge in [0.2, 0.25) is 5.91 Å². The van der Waals surface area contributed by atoms with Crippen LogP contribution >= 0.6 is 0 Å². The van der Waals surface area contributed by atoms with Crippen molar-refractivity contribution in [2.24, 2.45) is 0 Å². The molecular weight excluding hydrogens is 256 g/mol. The molecule has 2 amide bonds. The molecule has 1 aromatic rings. The zero-order chi connectivity index (χ0) is 14.8. The molecule has 20 heavy (non-hydrogen) atoms. The van der Waals surface area contributed by atoms with Gasteiger partial charge < -0.3 is 10.2 Å². The molecule has 108 valence electrons. The van der Waals surface area contributed by atoms with Gasteiger partial charge >= 0.3 is 0 Å². The molecule has 0 bridgehead atoms. The number of anilines is 1. The molecule has 6 nitrogen and oxygen atoms in total. The summed E-state index contributed by atoms with van der Waals surface area (Å²) in [6.07, 6.45) is 1.68. The lowest BCUT2D eigenvalue weighted by molar-refractivity contribution is -0.135. The highest BCUT2D eigenvalue weighted by Crippen LogP contribution is 2.27. The summed E-state index contributed by atoms with van der Waals surface area (Å²) in [5.74, 6) is 0.0878. The monoisotopic (exact) mass is 276 g/mol. The largest absolute Gasteiger partial charge is 0.333 e. The van der Waals surface area contributed by atoms with Crippen LogP contribution in [0.2, 0.25) is 0 Å². The third-order valence-electron chi connectivity index (χ3n) is 3.47. The van der Waals surface area contributed by atoms with E-state index in [-0.39, 0.29) is 18.4 Å². The van der Waals surface area contributed by atoms with Crippen molar-refractivity contribution in [3.8, 4) is 0 Å². The van der Waals surface area contributed by atoms with Gasteiger partial charge in [0, 0.05) is 18.3 Å². The number of carbonyl (C=O) groups excluding carboxylic acids is 2. The smallest absolute Gasteiger partial charge is 0.251 e. The van der Waals surface area contributed by atoms with Crippen molar-refractivity contribution in [2.45, 2.75) is 32.9 Å². The fourth-order valence-electron chi connectivity index (χ4n) is 2.19. The summed E-state index contributed by atoms with van der Waals surface area (Å²) >= 11 is 0. The third-order valence-corrected chi connectivity index (χ3v) is 3.47. The van der Waals surface area contributed by atoms with E-state index in [0.717, 1.165) is 12.1 Å². The van der Waals surface area contributed by atoms with E-state index in [1.165, 1.54) is 0 Å². The fraction of sp³-hybridized carbons (Fsp3) is 0.500. The molecule has 2 N–H and O–H groups in total. The lowest BCUT2D eigenvalue weighted by atomic mass is 9.98. The molecule has 1 aliphatic rings. The van der Waals surface area contributed by atoms with Gasteiger partial charge in [0.1, 0.15) is 11.4 Å². The van der Waals surface area contributed by atoms with Gasteiger partial charge in [0.15, 0.2) is 0 Å². The molecule has 1 aliphatic heterocycles. The summed E-state index contributed by atoms with van der Waals surface area (Å²) in [6, 6.07) is 3.81. The highest BCUT2D eigenvalue weighted by atomic mass is 16.2. The average Bonchev–Trinajstić information content (AvgIpc) is 2.41. The van der Waals surface area contributed by atoms with Crippen molar-refractivity contribution >= 4 is 17.6 Å². The minimum Gasteiger partial charge on any atom is -0.333 e. The second-order valence-electron chi connectivity index (χ2n) is 5.29. The zero-order valence-electron chi connectivity index (χ0n) is 12.1. The minimum atomic E-state index is -0.802. The number of carbonyl (C=O) groups is 2. The molecule has 0 saturated carbocycles. The topological polar surface area (TPSA) is 74.3 Å². The van der Waals surface area contributed by atoms with E-state index in [4.69, 9.17) is 0 Å². The van der Waals surface area contributed by atoms with Gasteiger partial charge in [-0.15, -0.1) is 0 Å². The van der Waals surface area contributed by atoms with Crippen LogP contribution in [0.15, 0.2) is 18.3 Å². The molecule has 6 heteroatoms. The molecule has 1 aromatic heterocycles. The van der Waals surface area contributed by atoms with Crippen LogP contribution in [-0.2, 0) is 16.1 Å². The quantitative estimate of drug-likeness (QED) is 0.780. The van der Waals surface area contributed by atoms with Crippen LogP contribution in [-0.4, -0.2) is 35.4 Å². The standard InChI is InChI=1S/C14H20N4O2/c1-4-15-8-10-6-5-7-16-12(10)18-9-11(19)17-13(20)14(18,2)3/h5-7,15H,4,8-9H2,1-3H3,(H,17,19,20). The fourth-order valence-corrected chi connectivity index (χ4v) is 2.19. The molecule has 2 heterocycles. The predicted molar refractivity (Wildman–Crippen MR) is 76.2 cm³/mol. The molecule has 2 rings (SSSR count). The van der Waals surface area contributed by atoms with Crippen molar-refractivity contribution in [3.05, 3.63) is 23.9 Å². The number of pyridine rings is 1. The Balaban J connectivity index is 2.38. The van der Waals surface area contributed by atoms with Gasteiger partial charge in [-0.3, -0.25) is 14.9 Å². The maximum atomic E-state index is 12.0. The Morgan fingerprint density at radius 1 is 1.45 bits per heavy atom. The number of piperazine rings is 1. The molecule has 0 aliphatic carbocycles. The Bertz CT molecular complexity index is 528. The minimum absolute atomic E-state index is 0.134. The summed E-state index contributed by atoms with van der Waals surface area (Å²) in [5.41, 5.74) is 0.174. The van der Waals surface area contributed by atoms with Crippen LogP contribution in [0.3, 0.4) is 0 Å². The van der Waals surface area contributed by atoms with E-state index in [9.17, 15) is 9.59 Å². The van der Waals surface area contributed by atoms with E-state index in [1.807, 2.05) is 19.1 Å². The molecule has 0 aromatic carbocycles. The number of nitrogens with one attached hydrogen (secondary N) is 2. The Morgan fingerprint density at radius 3 is 2.90 bits per heavy atom. The predicted octanol–water partition coefficient (Wildman–Crippen LogP) is 0.432. The summed E-state index contributed by atoms with van der Waals surface area (Å²) in [7, 11) is 0. The highest BCUT2D eigenvalue weighted by molar-refractivity contribution is 6.06. The van der Waals surface area contributed by atoms with E-state index in [0.29, 0.717) is 12.4 Å². The first-order valence-electron chi connectivity index (χ1n) is 6.73. The van der Waals surface area contributed by atoms with Crippen LogP contribution in [0.5, 0.6) is 0 Å². The van der Waals surface area contributed by atoms with Gasteiger partial charge in [-0.05, 0) is 26.5 Å². The zero-order valence-corrected chi connectivity index (χ0v) is 12.1. The summed E-state index contributed by atoms with van der Waals surface area (Å²) < 4.78 is 0. The van der Waals surface area contributed by atoms with Gasteiger partial charge in [-0.25, -0.2) is 4.98 Å². The summed E-state index contributed by atoms with van der Waals surface area (Å²) in [6.45, 7) is 7.24. The van der Waals surface area contributed by atoms with Crippen molar-refractivity contribution in [1.82, 2.24) is 15.6 Å². The first-order valence-corrected chi connectivity index (χ1v) is 6.73. The molecule has 1 fully saturated rings. The molecule has 0 spiro atoms. The van der Waals surface area contributed by atoms with Crippen molar-refractivity contribution in [1.29, 1.82) is 0 Å². The second kappa shape index (κ2) is 5.58. The van der Waals surface area contributed by atoms with Gasteiger partial charge in [-0.1, -0.05) is 13.0 Å². The van der Waals surface area contributed by atoms with Crippen LogP contribution in [0.1, 0.15) is 26.3 Å². The maximum Gasteiger partial charge on any atom is 0.251 e.